The number of aliphatic hydroxyl groups is 1. The second-order valence-electron chi connectivity index (χ2n) is 3.48. The van der Waals surface area contributed by atoms with Crippen molar-refractivity contribution in [1.29, 1.82) is 0 Å². The minimum Gasteiger partial charge on any atom is -0.480 e. The molecule has 0 spiro atoms. The van der Waals surface area contributed by atoms with E-state index in [2.05, 4.69) is 0 Å². The summed E-state index contributed by atoms with van der Waals surface area (Å²) in [4.78, 5) is 23.5. The molecule has 0 bridgehead atoms. The molecule has 1 fully saturated rings. The van der Waals surface area contributed by atoms with Gasteiger partial charge in [0.1, 0.15) is 0 Å². The fraction of sp³-hybridized carbons (Fsp3) is 0.778. The lowest BCUT2D eigenvalue weighted by atomic mass is 10.1. The third-order valence-corrected chi connectivity index (χ3v) is 2.40. The highest BCUT2D eigenvalue weighted by molar-refractivity contribution is 5.84. The van der Waals surface area contributed by atoms with Crippen molar-refractivity contribution in [3.8, 4) is 0 Å². The fourth-order valence-corrected chi connectivity index (χ4v) is 1.71. The van der Waals surface area contributed by atoms with Gasteiger partial charge in [-0.3, -0.25) is 4.79 Å². The van der Waals surface area contributed by atoms with Crippen LogP contribution in [0, 0.1) is 0 Å². The third kappa shape index (κ3) is 2.04. The normalized spacial score (nSPS) is 26.6. The third-order valence-electron chi connectivity index (χ3n) is 2.40. The first kappa shape index (κ1) is 11.0. The zero-order chi connectivity index (χ0) is 10.7. The molecule has 2 atom stereocenters. The van der Waals surface area contributed by atoms with E-state index in [1.807, 2.05) is 6.92 Å². The Hall–Kier alpha value is -1.10. The molecule has 0 radical (unpaired) electrons. The molecule has 0 saturated carbocycles. The Balaban J connectivity index is 2.69. The zero-order valence-electron chi connectivity index (χ0n) is 8.14. The topological polar surface area (TPSA) is 77.8 Å². The number of likely N-dealkylation sites (tertiary alicyclic amines) is 1. The van der Waals surface area contributed by atoms with E-state index >= 15 is 0 Å². The van der Waals surface area contributed by atoms with Gasteiger partial charge in [-0.2, -0.15) is 0 Å². The lowest BCUT2D eigenvalue weighted by Crippen LogP contribution is -2.44. The molecule has 14 heavy (non-hydrogen) atoms. The number of amides is 1. The summed E-state index contributed by atoms with van der Waals surface area (Å²) in [6.45, 7) is 2.21. The van der Waals surface area contributed by atoms with Crippen LogP contribution >= 0.6 is 0 Å². The van der Waals surface area contributed by atoms with Gasteiger partial charge in [0.25, 0.3) is 0 Å². The van der Waals surface area contributed by atoms with Gasteiger partial charge in [0, 0.05) is 13.0 Å². The summed E-state index contributed by atoms with van der Waals surface area (Å²) in [5.41, 5.74) is 0. The number of carboxylic acid groups (broad SMARTS) is 1. The molecule has 1 aliphatic rings. The lowest BCUT2D eigenvalue weighted by Gasteiger charge is -2.22. The Kier molecular flexibility index (Phi) is 3.46. The number of hydrogen-bond acceptors (Lipinski definition) is 3. The average molecular weight is 201 g/mol. The second-order valence-corrected chi connectivity index (χ2v) is 3.48. The van der Waals surface area contributed by atoms with Crippen LogP contribution in [0.15, 0.2) is 0 Å². The number of nitrogens with zero attached hydrogens (tertiary/aromatic N) is 1. The summed E-state index contributed by atoms with van der Waals surface area (Å²) in [7, 11) is 0. The number of hydrogen-bond donors (Lipinski definition) is 2. The molecule has 1 heterocycles. The summed E-state index contributed by atoms with van der Waals surface area (Å²) in [6, 6.07) is -1.05. The van der Waals surface area contributed by atoms with E-state index in [0.29, 0.717) is 25.8 Å². The molecule has 80 valence electrons. The summed E-state index contributed by atoms with van der Waals surface area (Å²) in [6.07, 6.45) is 0.467. The van der Waals surface area contributed by atoms with Crippen molar-refractivity contribution in [3.05, 3.63) is 0 Å². The maximum Gasteiger partial charge on any atom is 0.329 e. The first-order chi connectivity index (χ1) is 6.57. The average Bonchev–Trinajstić information content (AvgIpc) is 2.47. The van der Waals surface area contributed by atoms with E-state index in [0.717, 1.165) is 0 Å². The van der Waals surface area contributed by atoms with Gasteiger partial charge in [0.2, 0.25) is 5.91 Å². The van der Waals surface area contributed by atoms with Crippen LogP contribution in [0.4, 0.5) is 0 Å². The number of carboxylic acids is 1. The van der Waals surface area contributed by atoms with Crippen LogP contribution in [0.25, 0.3) is 0 Å². The molecule has 0 aromatic rings. The maximum absolute atomic E-state index is 11.5. The largest absolute Gasteiger partial charge is 0.480 e. The summed E-state index contributed by atoms with van der Waals surface area (Å²) in [5.74, 6) is -1.31. The second kappa shape index (κ2) is 4.41. The molecular weight excluding hydrogens is 186 g/mol. The molecular formula is C9H15NO4. The van der Waals surface area contributed by atoms with Crippen molar-refractivity contribution in [1.82, 2.24) is 4.90 Å². The maximum atomic E-state index is 11.5. The van der Waals surface area contributed by atoms with Crippen LogP contribution in [0.2, 0.25) is 0 Å². The van der Waals surface area contributed by atoms with Gasteiger partial charge in [-0.25, -0.2) is 4.79 Å². The van der Waals surface area contributed by atoms with Crippen LogP contribution in [0.5, 0.6) is 0 Å². The SMILES string of the molecule is CCCC(=O)N1CCC(O)C1C(=O)O. The zero-order valence-corrected chi connectivity index (χ0v) is 8.14. The van der Waals surface area contributed by atoms with E-state index in [1.54, 1.807) is 0 Å². The highest BCUT2D eigenvalue weighted by atomic mass is 16.4. The van der Waals surface area contributed by atoms with Crippen molar-refractivity contribution in [3.63, 3.8) is 0 Å². The summed E-state index contributed by atoms with van der Waals surface area (Å²) in [5, 5.41) is 18.2. The molecule has 2 N–H and O–H groups in total. The molecule has 2 unspecified atom stereocenters. The number of carbonyl (C=O) groups excluding carboxylic acids is 1. The number of carbonyl (C=O) groups is 2. The smallest absolute Gasteiger partial charge is 0.329 e. The van der Waals surface area contributed by atoms with E-state index in [-0.39, 0.29) is 5.91 Å². The Bertz CT molecular complexity index is 241. The van der Waals surface area contributed by atoms with E-state index in [4.69, 9.17) is 5.11 Å². The van der Waals surface area contributed by atoms with Crippen molar-refractivity contribution in [2.75, 3.05) is 6.54 Å². The fourth-order valence-electron chi connectivity index (χ4n) is 1.71. The Morgan fingerprint density at radius 2 is 2.14 bits per heavy atom. The van der Waals surface area contributed by atoms with Gasteiger partial charge in [-0.05, 0) is 12.8 Å². The van der Waals surface area contributed by atoms with Crippen molar-refractivity contribution in [2.24, 2.45) is 0 Å². The van der Waals surface area contributed by atoms with Gasteiger partial charge in [-0.15, -0.1) is 0 Å². The van der Waals surface area contributed by atoms with Gasteiger partial charge in [0.15, 0.2) is 6.04 Å². The number of rotatable bonds is 3. The highest BCUT2D eigenvalue weighted by Gasteiger charge is 2.40. The quantitative estimate of drug-likeness (QED) is 0.664. The highest BCUT2D eigenvalue weighted by Crippen LogP contribution is 2.19. The van der Waals surface area contributed by atoms with Crippen molar-refractivity contribution >= 4 is 11.9 Å². The van der Waals surface area contributed by atoms with Crippen LogP contribution in [0.1, 0.15) is 26.2 Å². The summed E-state index contributed by atoms with van der Waals surface area (Å²) < 4.78 is 0. The standard InChI is InChI=1S/C9H15NO4/c1-2-3-7(12)10-5-4-6(11)8(10)9(13)14/h6,8,11H,2-5H2,1H3,(H,13,14). The van der Waals surface area contributed by atoms with Crippen molar-refractivity contribution < 1.29 is 19.8 Å². The number of aliphatic carboxylic acids is 1. The Labute approximate surface area is 82.3 Å². The van der Waals surface area contributed by atoms with Gasteiger partial charge >= 0.3 is 5.97 Å². The molecule has 1 rings (SSSR count). The number of aliphatic hydroxyl groups excluding tert-OH is 1. The minimum atomic E-state index is -1.13. The van der Waals surface area contributed by atoms with Crippen molar-refractivity contribution in [2.45, 2.75) is 38.3 Å². The molecule has 0 aromatic carbocycles. The molecule has 5 heteroatoms. The van der Waals surface area contributed by atoms with Crippen LogP contribution < -0.4 is 0 Å². The van der Waals surface area contributed by atoms with Gasteiger partial charge < -0.3 is 15.1 Å². The molecule has 1 saturated heterocycles. The Morgan fingerprint density at radius 1 is 1.50 bits per heavy atom. The predicted molar refractivity (Wildman–Crippen MR) is 48.7 cm³/mol. The minimum absolute atomic E-state index is 0.184. The Morgan fingerprint density at radius 3 is 2.64 bits per heavy atom. The first-order valence-electron chi connectivity index (χ1n) is 4.78. The molecule has 0 aromatic heterocycles. The lowest BCUT2D eigenvalue weighted by molar-refractivity contribution is -0.151. The van der Waals surface area contributed by atoms with E-state index in [1.165, 1.54) is 4.90 Å². The van der Waals surface area contributed by atoms with Crippen LogP contribution in [0.3, 0.4) is 0 Å². The molecule has 5 nitrogen and oxygen atoms in total. The molecule has 1 aliphatic heterocycles. The first-order valence-corrected chi connectivity index (χ1v) is 4.78. The van der Waals surface area contributed by atoms with Crippen LogP contribution in [-0.4, -0.2) is 45.7 Å². The van der Waals surface area contributed by atoms with Gasteiger partial charge in [0.05, 0.1) is 6.10 Å². The molecule has 1 amide bonds. The van der Waals surface area contributed by atoms with E-state index < -0.39 is 18.1 Å². The molecule has 0 aliphatic carbocycles. The summed E-state index contributed by atoms with van der Waals surface area (Å²) >= 11 is 0. The predicted octanol–water partition coefficient (Wildman–Crippen LogP) is -0.167. The monoisotopic (exact) mass is 201 g/mol. The van der Waals surface area contributed by atoms with Gasteiger partial charge in [-0.1, -0.05) is 6.92 Å². The van der Waals surface area contributed by atoms with E-state index in [9.17, 15) is 14.7 Å². The van der Waals surface area contributed by atoms with Crippen LogP contribution in [-0.2, 0) is 9.59 Å².